The summed E-state index contributed by atoms with van der Waals surface area (Å²) in [7, 11) is 0. The third kappa shape index (κ3) is 2.04. The first-order valence-electron chi connectivity index (χ1n) is 4.52. The Kier molecular flexibility index (Phi) is 2.49. The molecule has 0 aromatic carbocycles. The molecule has 4 nitrogen and oxygen atoms in total. The van der Waals surface area contributed by atoms with E-state index in [0.29, 0.717) is 0 Å². The van der Waals surface area contributed by atoms with Gasteiger partial charge >= 0.3 is 0 Å². The van der Waals surface area contributed by atoms with Crippen LogP contribution in [0.15, 0.2) is 36.8 Å². The van der Waals surface area contributed by atoms with Crippen LogP contribution in [0.1, 0.15) is 17.5 Å². The second-order valence-corrected chi connectivity index (χ2v) is 3.06. The first-order valence-corrected chi connectivity index (χ1v) is 4.52. The molecule has 0 saturated carbocycles. The second-order valence-electron chi connectivity index (χ2n) is 3.06. The molecule has 0 atom stereocenters. The highest BCUT2D eigenvalue weighted by Crippen LogP contribution is 2.14. The Morgan fingerprint density at radius 3 is 2.53 bits per heavy atom. The van der Waals surface area contributed by atoms with Crippen molar-refractivity contribution in [3.05, 3.63) is 42.6 Å². The first kappa shape index (κ1) is 9.45. The third-order valence-corrected chi connectivity index (χ3v) is 1.95. The lowest BCUT2D eigenvalue weighted by molar-refractivity contribution is 0.100. The van der Waals surface area contributed by atoms with Crippen molar-refractivity contribution in [1.82, 2.24) is 15.0 Å². The molecule has 0 bridgehead atoms. The minimum Gasteiger partial charge on any atom is -0.291 e. The molecule has 4 heteroatoms. The molecule has 0 aliphatic carbocycles. The molecule has 0 unspecified atom stereocenters. The van der Waals surface area contributed by atoms with E-state index >= 15 is 0 Å². The van der Waals surface area contributed by atoms with Crippen molar-refractivity contribution >= 4 is 5.78 Å². The molecule has 0 spiro atoms. The van der Waals surface area contributed by atoms with Gasteiger partial charge in [0.1, 0.15) is 0 Å². The zero-order chi connectivity index (χ0) is 10.7. The van der Waals surface area contributed by atoms with E-state index in [1.54, 1.807) is 24.7 Å². The van der Waals surface area contributed by atoms with E-state index in [1.165, 1.54) is 6.92 Å². The summed E-state index contributed by atoms with van der Waals surface area (Å²) in [6.45, 7) is 1.45. The molecule has 0 saturated heterocycles. The predicted octanol–water partition coefficient (Wildman–Crippen LogP) is 1.74. The van der Waals surface area contributed by atoms with Crippen LogP contribution in [-0.4, -0.2) is 20.7 Å². The Balaban J connectivity index is 2.46. The normalized spacial score (nSPS) is 9.93. The van der Waals surface area contributed by atoms with Gasteiger partial charge in [0.2, 0.25) is 0 Å². The molecule has 0 radical (unpaired) electrons. The molecule has 74 valence electrons. The molecule has 2 heterocycles. The van der Waals surface area contributed by atoms with Crippen molar-refractivity contribution in [2.75, 3.05) is 0 Å². The molecule has 0 aliphatic rings. The van der Waals surface area contributed by atoms with Crippen LogP contribution in [-0.2, 0) is 0 Å². The van der Waals surface area contributed by atoms with Crippen molar-refractivity contribution in [1.29, 1.82) is 0 Å². The predicted molar refractivity (Wildman–Crippen MR) is 55.3 cm³/mol. The average Bonchev–Trinajstić information content (AvgIpc) is 2.30. The van der Waals surface area contributed by atoms with Gasteiger partial charge in [-0.15, -0.1) is 0 Å². The summed E-state index contributed by atoms with van der Waals surface area (Å²) in [5, 5.41) is 0. The number of pyridine rings is 1. The molecular weight excluding hydrogens is 190 g/mol. The highest BCUT2D eigenvalue weighted by atomic mass is 16.1. The van der Waals surface area contributed by atoms with Gasteiger partial charge in [0.05, 0.1) is 5.69 Å². The van der Waals surface area contributed by atoms with Crippen molar-refractivity contribution in [2.45, 2.75) is 6.92 Å². The smallest absolute Gasteiger partial charge is 0.196 e. The standard InChI is InChI=1S/C11H9N3O/c1-8(15)11-13-7-4-10(14-11)9-2-5-12-6-3-9/h2-7H,1H3. The van der Waals surface area contributed by atoms with E-state index in [4.69, 9.17) is 0 Å². The van der Waals surface area contributed by atoms with Gasteiger partial charge in [0.25, 0.3) is 0 Å². The Labute approximate surface area is 87.0 Å². The number of Topliss-reactive ketones (excluding diaryl/α,β-unsaturated/α-hetero) is 1. The van der Waals surface area contributed by atoms with Gasteiger partial charge in [0.15, 0.2) is 11.6 Å². The van der Waals surface area contributed by atoms with Crippen molar-refractivity contribution in [3.63, 3.8) is 0 Å². The highest BCUT2D eigenvalue weighted by molar-refractivity contribution is 5.90. The van der Waals surface area contributed by atoms with E-state index in [2.05, 4.69) is 15.0 Å². The SMILES string of the molecule is CC(=O)c1nccc(-c2ccncc2)n1. The van der Waals surface area contributed by atoms with E-state index in [-0.39, 0.29) is 11.6 Å². The van der Waals surface area contributed by atoms with E-state index in [9.17, 15) is 4.79 Å². The minimum atomic E-state index is -0.133. The van der Waals surface area contributed by atoms with Crippen LogP contribution in [0.2, 0.25) is 0 Å². The van der Waals surface area contributed by atoms with Gasteiger partial charge in [-0.2, -0.15) is 0 Å². The summed E-state index contributed by atoms with van der Waals surface area (Å²) in [5.74, 6) is 0.107. The fourth-order valence-electron chi connectivity index (χ4n) is 1.21. The number of rotatable bonds is 2. The zero-order valence-electron chi connectivity index (χ0n) is 8.21. The van der Waals surface area contributed by atoms with Gasteiger partial charge in [-0.1, -0.05) is 0 Å². The summed E-state index contributed by atoms with van der Waals surface area (Å²) in [5.41, 5.74) is 1.66. The third-order valence-electron chi connectivity index (χ3n) is 1.95. The number of nitrogens with zero attached hydrogens (tertiary/aromatic N) is 3. The monoisotopic (exact) mass is 199 g/mol. The molecule has 0 aliphatic heterocycles. The van der Waals surface area contributed by atoms with Crippen LogP contribution in [0.3, 0.4) is 0 Å². The average molecular weight is 199 g/mol. The topological polar surface area (TPSA) is 55.7 Å². The maximum absolute atomic E-state index is 11.1. The zero-order valence-corrected chi connectivity index (χ0v) is 8.21. The number of carbonyl (C=O) groups is 1. The van der Waals surface area contributed by atoms with Crippen LogP contribution in [0, 0.1) is 0 Å². The fraction of sp³-hybridized carbons (Fsp3) is 0.0909. The number of hydrogen-bond acceptors (Lipinski definition) is 4. The summed E-state index contributed by atoms with van der Waals surface area (Å²) >= 11 is 0. The van der Waals surface area contributed by atoms with Crippen molar-refractivity contribution in [3.8, 4) is 11.3 Å². The van der Waals surface area contributed by atoms with Crippen LogP contribution < -0.4 is 0 Å². The van der Waals surface area contributed by atoms with Gasteiger partial charge in [-0.3, -0.25) is 9.78 Å². The van der Waals surface area contributed by atoms with Gasteiger partial charge in [-0.25, -0.2) is 9.97 Å². The number of carbonyl (C=O) groups excluding carboxylic acids is 1. The summed E-state index contributed by atoms with van der Waals surface area (Å²) in [4.78, 5) is 23.1. The van der Waals surface area contributed by atoms with Crippen LogP contribution in [0.4, 0.5) is 0 Å². The van der Waals surface area contributed by atoms with Crippen molar-refractivity contribution < 1.29 is 4.79 Å². The Hall–Kier alpha value is -2.10. The molecule has 0 amide bonds. The van der Waals surface area contributed by atoms with Crippen LogP contribution in [0.5, 0.6) is 0 Å². The van der Waals surface area contributed by atoms with E-state index in [1.807, 2.05) is 12.1 Å². The van der Waals surface area contributed by atoms with Crippen molar-refractivity contribution in [2.24, 2.45) is 0 Å². The Bertz CT molecular complexity index is 482. The molecule has 2 aromatic heterocycles. The van der Waals surface area contributed by atoms with Crippen LogP contribution >= 0.6 is 0 Å². The van der Waals surface area contributed by atoms with E-state index < -0.39 is 0 Å². The highest BCUT2D eigenvalue weighted by Gasteiger charge is 2.04. The summed E-state index contributed by atoms with van der Waals surface area (Å²) in [6.07, 6.45) is 4.95. The number of ketones is 1. The number of aromatic nitrogens is 3. The molecular formula is C11H9N3O. The van der Waals surface area contributed by atoms with Crippen LogP contribution in [0.25, 0.3) is 11.3 Å². The quantitative estimate of drug-likeness (QED) is 0.691. The molecule has 2 rings (SSSR count). The largest absolute Gasteiger partial charge is 0.291 e. The number of hydrogen-bond donors (Lipinski definition) is 0. The first-order chi connectivity index (χ1) is 7.27. The lowest BCUT2D eigenvalue weighted by atomic mass is 10.2. The summed E-state index contributed by atoms with van der Waals surface area (Å²) < 4.78 is 0. The molecule has 15 heavy (non-hydrogen) atoms. The maximum Gasteiger partial charge on any atom is 0.196 e. The Morgan fingerprint density at radius 1 is 1.13 bits per heavy atom. The molecule has 0 N–H and O–H groups in total. The minimum absolute atomic E-state index is 0.133. The van der Waals surface area contributed by atoms with Gasteiger partial charge in [-0.05, 0) is 18.2 Å². The molecule has 2 aromatic rings. The lowest BCUT2D eigenvalue weighted by Crippen LogP contribution is -2.01. The lowest BCUT2D eigenvalue weighted by Gasteiger charge is -2.00. The maximum atomic E-state index is 11.1. The van der Waals surface area contributed by atoms with Gasteiger partial charge in [0, 0.05) is 31.1 Å². The van der Waals surface area contributed by atoms with Gasteiger partial charge < -0.3 is 0 Å². The summed E-state index contributed by atoms with van der Waals surface area (Å²) in [6, 6.07) is 5.44. The van der Waals surface area contributed by atoms with E-state index in [0.717, 1.165) is 11.3 Å². The Morgan fingerprint density at radius 2 is 1.87 bits per heavy atom. The fourth-order valence-corrected chi connectivity index (χ4v) is 1.21. The second kappa shape index (κ2) is 3.96. The molecule has 0 fully saturated rings.